The molecule has 1 heterocycles. The number of benzene rings is 1. The van der Waals surface area contributed by atoms with E-state index < -0.39 is 24.0 Å². The molecular weight excluding hydrogens is 351 g/mol. The molecule has 0 unspecified atom stereocenters. The van der Waals surface area contributed by atoms with Crippen LogP contribution in [0.4, 0.5) is 13.2 Å². The molecule has 1 aromatic rings. The molecular formula is C12H16Cl3F3N2O. The molecule has 122 valence electrons. The van der Waals surface area contributed by atoms with Gasteiger partial charge in [0.15, 0.2) is 11.6 Å². The van der Waals surface area contributed by atoms with Gasteiger partial charge in [-0.1, -0.05) is 11.6 Å². The molecule has 2 N–H and O–H groups in total. The maximum absolute atomic E-state index is 13.4. The van der Waals surface area contributed by atoms with Crippen molar-refractivity contribution in [3.05, 3.63) is 28.5 Å². The Bertz CT molecular complexity index is 460. The van der Waals surface area contributed by atoms with Crippen molar-refractivity contribution < 1.29 is 18.3 Å². The fourth-order valence-corrected chi connectivity index (χ4v) is 2.53. The molecule has 21 heavy (non-hydrogen) atoms. The second kappa shape index (κ2) is 8.90. The quantitative estimate of drug-likeness (QED) is 0.861. The van der Waals surface area contributed by atoms with Crippen molar-refractivity contribution in [2.24, 2.45) is 0 Å². The van der Waals surface area contributed by atoms with Crippen LogP contribution in [0.3, 0.4) is 0 Å². The lowest BCUT2D eigenvalue weighted by atomic mass is 10.0. The van der Waals surface area contributed by atoms with Crippen molar-refractivity contribution in [3.8, 4) is 5.75 Å². The van der Waals surface area contributed by atoms with Gasteiger partial charge in [0.2, 0.25) is 0 Å². The minimum atomic E-state index is -2.76. The topological polar surface area (TPSA) is 35.5 Å². The van der Waals surface area contributed by atoms with Crippen LogP contribution in [0.5, 0.6) is 5.75 Å². The maximum Gasteiger partial charge on any atom is 0.258 e. The molecule has 0 spiro atoms. The van der Waals surface area contributed by atoms with Gasteiger partial charge in [-0.2, -0.15) is 0 Å². The van der Waals surface area contributed by atoms with E-state index in [9.17, 15) is 18.3 Å². The van der Waals surface area contributed by atoms with Crippen LogP contribution in [0.2, 0.25) is 5.02 Å². The Kier molecular flexibility index (Phi) is 8.73. The Morgan fingerprint density at radius 3 is 2.29 bits per heavy atom. The molecule has 0 radical (unpaired) electrons. The Balaban J connectivity index is 0.00000200. The predicted octanol–water partition coefficient (Wildman–Crippen LogP) is 3.24. The summed E-state index contributed by atoms with van der Waals surface area (Å²) in [5.41, 5.74) is -0.237. The van der Waals surface area contributed by atoms with E-state index in [1.807, 2.05) is 0 Å². The number of piperazine rings is 1. The van der Waals surface area contributed by atoms with Crippen LogP contribution < -0.4 is 5.32 Å². The SMILES string of the molecule is Cl.Cl.Oc1c(F)ccc(Cl)c1[C@H](C(F)F)N1CCNCC1. The third-order valence-corrected chi connectivity index (χ3v) is 3.52. The van der Waals surface area contributed by atoms with Gasteiger partial charge in [-0.15, -0.1) is 24.8 Å². The molecule has 1 aliphatic rings. The number of nitrogens with one attached hydrogen (secondary N) is 1. The number of hydrogen-bond donors (Lipinski definition) is 2. The largest absolute Gasteiger partial charge is 0.505 e. The summed E-state index contributed by atoms with van der Waals surface area (Å²) in [5, 5.41) is 12.7. The highest BCUT2D eigenvalue weighted by atomic mass is 35.5. The number of hydrogen-bond acceptors (Lipinski definition) is 3. The summed E-state index contributed by atoms with van der Waals surface area (Å²) in [6, 6.07) is 0.746. The number of phenolic OH excluding ortho intramolecular Hbond substituents is 1. The molecule has 0 aromatic heterocycles. The lowest BCUT2D eigenvalue weighted by Crippen LogP contribution is -2.47. The van der Waals surface area contributed by atoms with Gasteiger partial charge in [-0.3, -0.25) is 4.90 Å². The molecule has 0 saturated carbocycles. The van der Waals surface area contributed by atoms with Gasteiger partial charge in [-0.25, -0.2) is 13.2 Å². The Labute approximate surface area is 138 Å². The van der Waals surface area contributed by atoms with Crippen LogP contribution in [0.25, 0.3) is 0 Å². The van der Waals surface area contributed by atoms with Crippen molar-refractivity contribution in [1.29, 1.82) is 0 Å². The maximum atomic E-state index is 13.4. The molecule has 0 bridgehead atoms. The standard InChI is InChI=1S/C12H14ClF3N2O.2ClH/c13-7-1-2-8(14)11(19)9(7)10(12(15)16)18-5-3-17-4-6-18;;/h1-2,10,12,17,19H,3-6H2;2*1H/t10-;;/m1../s1. The molecule has 3 nitrogen and oxygen atoms in total. The van der Waals surface area contributed by atoms with Crippen LogP contribution in [0.1, 0.15) is 11.6 Å². The van der Waals surface area contributed by atoms with E-state index in [4.69, 9.17) is 11.6 Å². The average molecular weight is 368 g/mol. The van der Waals surface area contributed by atoms with Gasteiger partial charge in [0.25, 0.3) is 6.43 Å². The number of halogens is 6. The molecule has 1 aliphatic heterocycles. The number of nitrogens with zero attached hydrogens (tertiary/aromatic N) is 1. The third kappa shape index (κ3) is 4.53. The zero-order valence-electron chi connectivity index (χ0n) is 10.9. The highest BCUT2D eigenvalue weighted by Crippen LogP contribution is 2.39. The number of aromatic hydroxyl groups is 1. The van der Waals surface area contributed by atoms with Crippen LogP contribution >= 0.6 is 36.4 Å². The minimum absolute atomic E-state index is 0. The number of rotatable bonds is 3. The summed E-state index contributed by atoms with van der Waals surface area (Å²) in [7, 11) is 0. The lowest BCUT2D eigenvalue weighted by Gasteiger charge is -2.35. The second-order valence-electron chi connectivity index (χ2n) is 4.36. The summed E-state index contributed by atoms with van der Waals surface area (Å²) < 4.78 is 40.0. The normalized spacial score (nSPS) is 17.0. The van der Waals surface area contributed by atoms with E-state index in [2.05, 4.69) is 5.32 Å². The van der Waals surface area contributed by atoms with E-state index in [-0.39, 0.29) is 35.4 Å². The first-order valence-corrected chi connectivity index (χ1v) is 6.30. The monoisotopic (exact) mass is 366 g/mol. The average Bonchev–Trinajstić information content (AvgIpc) is 2.39. The summed E-state index contributed by atoms with van der Waals surface area (Å²) in [5.74, 6) is -1.74. The Hall–Kier alpha value is -0.400. The number of phenols is 1. The van der Waals surface area contributed by atoms with Crippen molar-refractivity contribution in [3.63, 3.8) is 0 Å². The van der Waals surface area contributed by atoms with E-state index in [0.717, 1.165) is 6.07 Å². The van der Waals surface area contributed by atoms with Gasteiger partial charge in [0, 0.05) is 36.8 Å². The van der Waals surface area contributed by atoms with Crippen LogP contribution in [0, 0.1) is 5.82 Å². The molecule has 0 amide bonds. The highest BCUT2D eigenvalue weighted by Gasteiger charge is 2.34. The van der Waals surface area contributed by atoms with Crippen molar-refractivity contribution in [1.82, 2.24) is 10.2 Å². The van der Waals surface area contributed by atoms with Gasteiger partial charge < -0.3 is 10.4 Å². The summed E-state index contributed by atoms with van der Waals surface area (Å²) in [4.78, 5) is 1.50. The lowest BCUT2D eigenvalue weighted by molar-refractivity contribution is 0.0168. The van der Waals surface area contributed by atoms with Crippen molar-refractivity contribution >= 4 is 36.4 Å². The Morgan fingerprint density at radius 2 is 1.76 bits per heavy atom. The van der Waals surface area contributed by atoms with E-state index in [1.54, 1.807) is 0 Å². The van der Waals surface area contributed by atoms with E-state index >= 15 is 0 Å². The first-order chi connectivity index (χ1) is 9.02. The van der Waals surface area contributed by atoms with Crippen molar-refractivity contribution in [2.45, 2.75) is 12.5 Å². The molecule has 1 saturated heterocycles. The summed E-state index contributed by atoms with van der Waals surface area (Å²) in [6.07, 6.45) is -2.76. The van der Waals surface area contributed by atoms with E-state index in [0.29, 0.717) is 26.2 Å². The van der Waals surface area contributed by atoms with Crippen LogP contribution in [-0.2, 0) is 0 Å². The second-order valence-corrected chi connectivity index (χ2v) is 4.76. The zero-order chi connectivity index (χ0) is 14.0. The first kappa shape index (κ1) is 20.6. The van der Waals surface area contributed by atoms with E-state index in [1.165, 1.54) is 11.0 Å². The minimum Gasteiger partial charge on any atom is -0.505 e. The first-order valence-electron chi connectivity index (χ1n) is 5.92. The van der Waals surface area contributed by atoms with Crippen LogP contribution in [-0.4, -0.2) is 42.6 Å². The molecule has 2 rings (SSSR count). The predicted molar refractivity (Wildman–Crippen MR) is 80.8 cm³/mol. The molecule has 9 heteroatoms. The molecule has 0 aliphatic carbocycles. The van der Waals surface area contributed by atoms with Crippen LogP contribution in [0.15, 0.2) is 12.1 Å². The smallest absolute Gasteiger partial charge is 0.258 e. The fraction of sp³-hybridized carbons (Fsp3) is 0.500. The van der Waals surface area contributed by atoms with Gasteiger partial charge in [0.05, 0.1) is 0 Å². The third-order valence-electron chi connectivity index (χ3n) is 3.19. The summed E-state index contributed by atoms with van der Waals surface area (Å²) >= 11 is 5.86. The van der Waals surface area contributed by atoms with Gasteiger partial charge in [-0.05, 0) is 12.1 Å². The zero-order valence-corrected chi connectivity index (χ0v) is 13.2. The van der Waals surface area contributed by atoms with Gasteiger partial charge in [0.1, 0.15) is 6.04 Å². The van der Waals surface area contributed by atoms with Crippen molar-refractivity contribution in [2.75, 3.05) is 26.2 Å². The fourth-order valence-electron chi connectivity index (χ4n) is 2.27. The Morgan fingerprint density at radius 1 is 1.19 bits per heavy atom. The molecule has 1 aromatic carbocycles. The van der Waals surface area contributed by atoms with Gasteiger partial charge >= 0.3 is 0 Å². The molecule has 1 fully saturated rings. The number of alkyl halides is 2. The summed E-state index contributed by atoms with van der Waals surface area (Å²) in [6.45, 7) is 1.91. The molecule has 1 atom stereocenters. The highest BCUT2D eigenvalue weighted by molar-refractivity contribution is 6.31.